The first-order valence-electron chi connectivity index (χ1n) is 7.75. The molecular formula is C17H10ClN7O. The molecular weight excluding hydrogens is 354 g/mol. The summed E-state index contributed by atoms with van der Waals surface area (Å²) in [6.45, 7) is 0. The number of benzene rings is 2. The van der Waals surface area contributed by atoms with E-state index in [4.69, 9.17) is 11.6 Å². The van der Waals surface area contributed by atoms with E-state index in [-0.39, 0.29) is 5.56 Å². The lowest BCUT2D eigenvalue weighted by atomic mass is 10.1. The molecule has 0 saturated carbocycles. The average Bonchev–Trinajstić information content (AvgIpc) is 3.28. The smallest absolute Gasteiger partial charge is 0.276 e. The Balaban J connectivity index is 1.69. The number of nitrogens with one attached hydrogen (secondary N) is 2. The summed E-state index contributed by atoms with van der Waals surface area (Å²) in [7, 11) is 0. The summed E-state index contributed by atoms with van der Waals surface area (Å²) in [5.74, 6) is 0.722. The van der Waals surface area contributed by atoms with Gasteiger partial charge in [0.1, 0.15) is 5.52 Å². The Labute approximate surface area is 150 Å². The molecule has 0 aliphatic rings. The maximum Gasteiger partial charge on any atom is 0.276 e. The summed E-state index contributed by atoms with van der Waals surface area (Å²) in [4.78, 5) is 20.1. The first-order valence-corrected chi connectivity index (χ1v) is 8.13. The van der Waals surface area contributed by atoms with Gasteiger partial charge >= 0.3 is 0 Å². The molecule has 0 atom stereocenters. The minimum Gasteiger partial charge on any atom is -0.323 e. The van der Waals surface area contributed by atoms with E-state index in [0.717, 1.165) is 16.6 Å². The normalized spacial score (nSPS) is 11.4. The van der Waals surface area contributed by atoms with Crippen LogP contribution in [-0.4, -0.2) is 35.0 Å². The molecule has 26 heavy (non-hydrogen) atoms. The molecule has 9 heteroatoms. The van der Waals surface area contributed by atoms with E-state index < -0.39 is 0 Å². The summed E-state index contributed by atoms with van der Waals surface area (Å²) in [5, 5.41) is 15.3. The predicted octanol–water partition coefficient (Wildman–Crippen LogP) is 2.68. The zero-order valence-corrected chi connectivity index (χ0v) is 13.9. The molecule has 0 radical (unpaired) electrons. The van der Waals surface area contributed by atoms with Crippen LogP contribution in [0.4, 0.5) is 0 Å². The molecule has 8 nitrogen and oxygen atoms in total. The van der Waals surface area contributed by atoms with Gasteiger partial charge in [-0.1, -0.05) is 35.0 Å². The van der Waals surface area contributed by atoms with E-state index >= 15 is 0 Å². The number of nitrogens with zero attached hydrogens (tertiary/aromatic N) is 5. The van der Waals surface area contributed by atoms with E-state index in [1.807, 2.05) is 36.4 Å². The van der Waals surface area contributed by atoms with Crippen LogP contribution in [0.15, 0.2) is 53.3 Å². The van der Waals surface area contributed by atoms with Gasteiger partial charge in [0.2, 0.25) is 5.78 Å². The molecule has 5 rings (SSSR count). The third-order valence-corrected chi connectivity index (χ3v) is 4.41. The van der Waals surface area contributed by atoms with Crippen LogP contribution in [0.5, 0.6) is 0 Å². The molecule has 3 aromatic heterocycles. The molecule has 5 aromatic rings. The van der Waals surface area contributed by atoms with Gasteiger partial charge in [-0.2, -0.15) is 9.50 Å². The summed E-state index contributed by atoms with van der Waals surface area (Å²) >= 11 is 6.21. The van der Waals surface area contributed by atoms with E-state index in [1.165, 1.54) is 10.6 Å². The summed E-state index contributed by atoms with van der Waals surface area (Å²) in [5.41, 5.74) is 3.34. The second-order valence-corrected chi connectivity index (χ2v) is 6.12. The van der Waals surface area contributed by atoms with Crippen molar-refractivity contribution in [2.75, 3.05) is 0 Å². The summed E-state index contributed by atoms with van der Waals surface area (Å²) in [6, 6.07) is 14.3. The van der Waals surface area contributed by atoms with Crippen molar-refractivity contribution in [3.63, 3.8) is 0 Å². The molecule has 0 aliphatic heterocycles. The third-order valence-electron chi connectivity index (χ3n) is 4.08. The van der Waals surface area contributed by atoms with Crippen LogP contribution in [0, 0.1) is 0 Å². The van der Waals surface area contributed by atoms with Crippen LogP contribution >= 0.6 is 11.6 Å². The fourth-order valence-corrected chi connectivity index (χ4v) is 3.03. The molecule has 0 spiro atoms. The molecule has 2 N–H and O–H groups in total. The number of halogens is 1. The van der Waals surface area contributed by atoms with Crippen LogP contribution in [0.1, 0.15) is 0 Å². The number of rotatable bonds is 2. The lowest BCUT2D eigenvalue weighted by Gasteiger charge is -2.01. The molecule has 126 valence electrons. The standard InChI is InChI=1S/C17H10ClN7O/c18-11-4-2-1-3-10(11)16-20-17-19-13(8-15(26)25(17)23-16)9-5-6-12-14(7-9)22-24-21-12/h1-8H,(H,19,20,23)(H,21,22,24). The van der Waals surface area contributed by atoms with Crippen LogP contribution < -0.4 is 5.56 Å². The van der Waals surface area contributed by atoms with E-state index in [0.29, 0.717) is 27.9 Å². The fraction of sp³-hybridized carbons (Fsp3) is 0. The summed E-state index contributed by atoms with van der Waals surface area (Å²) in [6.07, 6.45) is 0. The molecule has 0 bridgehead atoms. The van der Waals surface area contributed by atoms with Crippen molar-refractivity contribution in [3.05, 3.63) is 63.9 Å². The topological polar surface area (TPSA) is 105 Å². The van der Waals surface area contributed by atoms with Gasteiger partial charge in [-0.05, 0) is 24.3 Å². The Morgan fingerprint density at radius 2 is 1.96 bits per heavy atom. The SMILES string of the molecule is O=c1cc(-c2ccc3nn[nH]c3c2)[nH]c2nc(-c3ccccc3Cl)nn12. The van der Waals surface area contributed by atoms with Gasteiger partial charge in [0.15, 0.2) is 5.82 Å². The fourth-order valence-electron chi connectivity index (χ4n) is 2.81. The Hall–Kier alpha value is -3.52. The number of H-pyrrole nitrogens is 2. The monoisotopic (exact) mass is 363 g/mol. The van der Waals surface area contributed by atoms with Gasteiger partial charge in [0.25, 0.3) is 5.56 Å². The molecule has 0 fully saturated rings. The van der Waals surface area contributed by atoms with Gasteiger partial charge in [0.05, 0.1) is 16.2 Å². The van der Waals surface area contributed by atoms with Crippen molar-refractivity contribution >= 4 is 28.4 Å². The van der Waals surface area contributed by atoms with E-state index in [2.05, 4.69) is 30.5 Å². The molecule has 0 aliphatic carbocycles. The maximum absolute atomic E-state index is 12.5. The average molecular weight is 364 g/mol. The van der Waals surface area contributed by atoms with Crippen molar-refractivity contribution in [3.8, 4) is 22.6 Å². The predicted molar refractivity (Wildman–Crippen MR) is 96.9 cm³/mol. The molecule has 0 saturated heterocycles. The lowest BCUT2D eigenvalue weighted by Crippen LogP contribution is -2.14. The van der Waals surface area contributed by atoms with Crippen molar-refractivity contribution in [1.29, 1.82) is 0 Å². The maximum atomic E-state index is 12.5. The highest BCUT2D eigenvalue weighted by Gasteiger charge is 2.13. The van der Waals surface area contributed by atoms with Crippen LogP contribution in [0.25, 0.3) is 39.5 Å². The number of aromatic amines is 2. The third kappa shape index (κ3) is 2.27. The van der Waals surface area contributed by atoms with E-state index in [9.17, 15) is 4.79 Å². The van der Waals surface area contributed by atoms with Crippen molar-refractivity contribution < 1.29 is 0 Å². The van der Waals surface area contributed by atoms with Gasteiger partial charge in [0, 0.05) is 17.2 Å². The van der Waals surface area contributed by atoms with Crippen molar-refractivity contribution in [1.82, 2.24) is 35.0 Å². The first-order chi connectivity index (χ1) is 12.7. The van der Waals surface area contributed by atoms with Crippen molar-refractivity contribution in [2.24, 2.45) is 0 Å². The van der Waals surface area contributed by atoms with Crippen molar-refractivity contribution in [2.45, 2.75) is 0 Å². The van der Waals surface area contributed by atoms with Crippen LogP contribution in [-0.2, 0) is 0 Å². The number of hydrogen-bond donors (Lipinski definition) is 2. The highest BCUT2D eigenvalue weighted by molar-refractivity contribution is 6.33. The zero-order chi connectivity index (χ0) is 17.7. The Morgan fingerprint density at radius 1 is 1.08 bits per heavy atom. The highest BCUT2D eigenvalue weighted by atomic mass is 35.5. The number of hydrogen-bond acceptors (Lipinski definition) is 5. The number of aromatic nitrogens is 7. The quantitative estimate of drug-likeness (QED) is 0.501. The second kappa shape index (κ2) is 5.50. The summed E-state index contributed by atoms with van der Waals surface area (Å²) < 4.78 is 1.22. The largest absolute Gasteiger partial charge is 0.323 e. The van der Waals surface area contributed by atoms with Crippen LogP contribution in [0.2, 0.25) is 5.02 Å². The minimum atomic E-state index is -0.289. The Morgan fingerprint density at radius 3 is 2.85 bits per heavy atom. The molecule has 2 aromatic carbocycles. The Kier molecular flexibility index (Phi) is 3.13. The van der Waals surface area contributed by atoms with Gasteiger partial charge in [-0.15, -0.1) is 10.2 Å². The molecule has 3 heterocycles. The van der Waals surface area contributed by atoms with E-state index in [1.54, 1.807) is 6.07 Å². The molecule has 0 amide bonds. The number of fused-ring (bicyclic) bond motifs is 2. The molecule has 0 unspecified atom stereocenters. The highest BCUT2D eigenvalue weighted by Crippen LogP contribution is 2.25. The van der Waals surface area contributed by atoms with Crippen LogP contribution in [0.3, 0.4) is 0 Å². The zero-order valence-electron chi connectivity index (χ0n) is 13.1. The Bertz CT molecular complexity index is 1330. The van der Waals surface area contributed by atoms with Gasteiger partial charge < -0.3 is 4.98 Å². The van der Waals surface area contributed by atoms with Gasteiger partial charge in [-0.25, -0.2) is 0 Å². The second-order valence-electron chi connectivity index (χ2n) is 5.72. The minimum absolute atomic E-state index is 0.289. The van der Waals surface area contributed by atoms with Gasteiger partial charge in [-0.3, -0.25) is 9.89 Å². The first kappa shape index (κ1) is 14.8. The lowest BCUT2D eigenvalue weighted by molar-refractivity contribution is 0.904.